The third-order valence-corrected chi connectivity index (χ3v) is 4.40. The van der Waals surface area contributed by atoms with Crippen LogP contribution in [0.15, 0.2) is 0 Å². The van der Waals surface area contributed by atoms with Crippen molar-refractivity contribution >= 4 is 0 Å². The Balaban J connectivity index is 1.45. The number of ether oxygens (including phenoxy) is 1. The SMILES string of the molecule is CC1(C)CCC(CNC(C2CC2)C2CC2)O1. The van der Waals surface area contributed by atoms with Crippen molar-refractivity contribution in [2.45, 2.75) is 70.1 Å². The Morgan fingerprint density at radius 3 is 2.19 bits per heavy atom. The van der Waals surface area contributed by atoms with E-state index in [9.17, 15) is 0 Å². The van der Waals surface area contributed by atoms with Crippen molar-refractivity contribution in [2.75, 3.05) is 6.54 Å². The average Bonchev–Trinajstić information content (AvgIpc) is 3.08. The number of nitrogens with one attached hydrogen (secondary N) is 1. The van der Waals surface area contributed by atoms with E-state index in [0.29, 0.717) is 6.10 Å². The second-order valence-electron chi connectivity index (χ2n) is 6.65. The molecule has 3 aliphatic rings. The summed E-state index contributed by atoms with van der Waals surface area (Å²) in [6.07, 6.45) is 8.78. The highest BCUT2D eigenvalue weighted by Crippen LogP contribution is 2.44. The summed E-state index contributed by atoms with van der Waals surface area (Å²) in [5.74, 6) is 2.00. The lowest BCUT2D eigenvalue weighted by Crippen LogP contribution is -2.39. The molecule has 0 aromatic heterocycles. The predicted molar refractivity (Wildman–Crippen MR) is 65.4 cm³/mol. The van der Waals surface area contributed by atoms with Gasteiger partial charge >= 0.3 is 0 Å². The van der Waals surface area contributed by atoms with Gasteiger partial charge in [0.1, 0.15) is 0 Å². The molecule has 2 saturated carbocycles. The Morgan fingerprint density at radius 1 is 1.12 bits per heavy atom. The van der Waals surface area contributed by atoms with Crippen LogP contribution in [0.5, 0.6) is 0 Å². The van der Waals surface area contributed by atoms with Crippen molar-refractivity contribution in [1.29, 1.82) is 0 Å². The molecule has 92 valence electrons. The minimum absolute atomic E-state index is 0.126. The lowest BCUT2D eigenvalue weighted by Gasteiger charge is -2.23. The van der Waals surface area contributed by atoms with Crippen LogP contribution >= 0.6 is 0 Å². The summed E-state index contributed by atoms with van der Waals surface area (Å²) in [6.45, 7) is 5.51. The zero-order chi connectivity index (χ0) is 11.2. The van der Waals surface area contributed by atoms with Crippen LogP contribution < -0.4 is 5.32 Å². The number of rotatable bonds is 5. The largest absolute Gasteiger partial charge is 0.371 e. The molecule has 2 nitrogen and oxygen atoms in total. The number of hydrogen-bond donors (Lipinski definition) is 1. The van der Waals surface area contributed by atoms with Gasteiger partial charge in [0.25, 0.3) is 0 Å². The normalized spacial score (nSPS) is 33.6. The van der Waals surface area contributed by atoms with Gasteiger partial charge in [-0.3, -0.25) is 0 Å². The van der Waals surface area contributed by atoms with Gasteiger partial charge in [0.2, 0.25) is 0 Å². The molecule has 1 N–H and O–H groups in total. The van der Waals surface area contributed by atoms with Gasteiger partial charge in [-0.25, -0.2) is 0 Å². The lowest BCUT2D eigenvalue weighted by molar-refractivity contribution is -0.0156. The maximum atomic E-state index is 6.04. The monoisotopic (exact) mass is 223 g/mol. The van der Waals surface area contributed by atoms with E-state index in [2.05, 4.69) is 19.2 Å². The fourth-order valence-corrected chi connectivity index (χ4v) is 3.12. The molecule has 0 spiro atoms. The standard InChI is InChI=1S/C14H25NO/c1-14(2)8-7-12(16-14)9-15-13(10-3-4-10)11-5-6-11/h10-13,15H,3-9H2,1-2H3. The molecule has 3 fully saturated rings. The molecule has 2 aliphatic carbocycles. The van der Waals surface area contributed by atoms with E-state index in [1.807, 2.05) is 0 Å². The van der Waals surface area contributed by atoms with Crippen LogP contribution in [-0.2, 0) is 4.74 Å². The smallest absolute Gasteiger partial charge is 0.0707 e. The van der Waals surface area contributed by atoms with E-state index in [4.69, 9.17) is 4.74 Å². The van der Waals surface area contributed by atoms with Crippen molar-refractivity contribution in [3.63, 3.8) is 0 Å². The van der Waals surface area contributed by atoms with Gasteiger partial charge < -0.3 is 10.1 Å². The maximum Gasteiger partial charge on any atom is 0.0707 e. The first-order chi connectivity index (χ1) is 7.64. The van der Waals surface area contributed by atoms with Gasteiger partial charge in [0.15, 0.2) is 0 Å². The van der Waals surface area contributed by atoms with Crippen molar-refractivity contribution < 1.29 is 4.74 Å². The summed E-state index contributed by atoms with van der Waals surface area (Å²) in [7, 11) is 0. The molecular weight excluding hydrogens is 198 g/mol. The predicted octanol–water partition coefficient (Wildman–Crippen LogP) is 2.72. The molecule has 0 radical (unpaired) electrons. The van der Waals surface area contributed by atoms with E-state index in [0.717, 1.165) is 24.4 Å². The summed E-state index contributed by atoms with van der Waals surface area (Å²) < 4.78 is 6.04. The van der Waals surface area contributed by atoms with Crippen LogP contribution in [0, 0.1) is 11.8 Å². The van der Waals surface area contributed by atoms with E-state index in [1.165, 1.54) is 38.5 Å². The Kier molecular flexibility index (Phi) is 2.75. The molecule has 16 heavy (non-hydrogen) atoms. The van der Waals surface area contributed by atoms with Crippen molar-refractivity contribution in [3.8, 4) is 0 Å². The molecular formula is C14H25NO. The number of hydrogen-bond acceptors (Lipinski definition) is 2. The first-order valence-electron chi connectivity index (χ1n) is 7.05. The van der Waals surface area contributed by atoms with Crippen LogP contribution in [0.4, 0.5) is 0 Å². The average molecular weight is 223 g/mol. The van der Waals surface area contributed by atoms with Crippen LogP contribution in [0.2, 0.25) is 0 Å². The summed E-state index contributed by atoms with van der Waals surface area (Å²) in [5, 5.41) is 3.80. The maximum absolute atomic E-state index is 6.04. The Hall–Kier alpha value is -0.0800. The Morgan fingerprint density at radius 2 is 1.75 bits per heavy atom. The first-order valence-corrected chi connectivity index (χ1v) is 7.05. The molecule has 3 rings (SSSR count). The minimum Gasteiger partial charge on any atom is -0.371 e. The van der Waals surface area contributed by atoms with Crippen LogP contribution in [0.1, 0.15) is 52.4 Å². The van der Waals surface area contributed by atoms with Gasteiger partial charge in [-0.05, 0) is 64.2 Å². The van der Waals surface area contributed by atoms with E-state index in [1.54, 1.807) is 0 Å². The fourth-order valence-electron chi connectivity index (χ4n) is 3.12. The lowest BCUT2D eigenvalue weighted by atomic mass is 10.0. The Bertz CT molecular complexity index is 243. The van der Waals surface area contributed by atoms with Gasteiger partial charge in [-0.2, -0.15) is 0 Å². The third kappa shape index (κ3) is 2.60. The fraction of sp³-hybridized carbons (Fsp3) is 1.00. The summed E-state index contributed by atoms with van der Waals surface area (Å²) in [6, 6.07) is 0.826. The quantitative estimate of drug-likeness (QED) is 0.774. The molecule has 1 aliphatic heterocycles. The summed E-state index contributed by atoms with van der Waals surface area (Å²) >= 11 is 0. The van der Waals surface area contributed by atoms with Gasteiger partial charge in [0, 0.05) is 12.6 Å². The molecule has 2 heteroatoms. The van der Waals surface area contributed by atoms with E-state index >= 15 is 0 Å². The molecule has 1 saturated heterocycles. The van der Waals surface area contributed by atoms with Gasteiger partial charge in [-0.15, -0.1) is 0 Å². The second kappa shape index (κ2) is 3.99. The zero-order valence-corrected chi connectivity index (χ0v) is 10.7. The summed E-state index contributed by atoms with van der Waals surface area (Å²) in [4.78, 5) is 0. The topological polar surface area (TPSA) is 21.3 Å². The first kappa shape index (κ1) is 11.0. The highest BCUT2D eigenvalue weighted by Gasteiger charge is 2.41. The molecule has 1 atom stereocenters. The van der Waals surface area contributed by atoms with Crippen molar-refractivity contribution in [1.82, 2.24) is 5.32 Å². The van der Waals surface area contributed by atoms with E-state index in [-0.39, 0.29) is 5.60 Å². The molecule has 0 aromatic carbocycles. The minimum atomic E-state index is 0.126. The van der Waals surface area contributed by atoms with Crippen molar-refractivity contribution in [3.05, 3.63) is 0 Å². The van der Waals surface area contributed by atoms with Crippen molar-refractivity contribution in [2.24, 2.45) is 11.8 Å². The Labute approximate surface area is 99.1 Å². The van der Waals surface area contributed by atoms with Gasteiger partial charge in [-0.1, -0.05) is 0 Å². The highest BCUT2D eigenvalue weighted by molar-refractivity contribution is 4.97. The molecule has 0 amide bonds. The highest BCUT2D eigenvalue weighted by atomic mass is 16.5. The van der Waals surface area contributed by atoms with Gasteiger partial charge in [0.05, 0.1) is 11.7 Å². The molecule has 1 heterocycles. The third-order valence-electron chi connectivity index (χ3n) is 4.40. The molecule has 1 unspecified atom stereocenters. The van der Waals surface area contributed by atoms with Crippen LogP contribution in [0.25, 0.3) is 0 Å². The van der Waals surface area contributed by atoms with Crippen LogP contribution in [0.3, 0.4) is 0 Å². The van der Waals surface area contributed by atoms with Crippen LogP contribution in [-0.4, -0.2) is 24.3 Å². The molecule has 0 aromatic rings. The summed E-state index contributed by atoms with van der Waals surface area (Å²) in [5.41, 5.74) is 0.126. The van der Waals surface area contributed by atoms with E-state index < -0.39 is 0 Å². The molecule has 0 bridgehead atoms. The zero-order valence-electron chi connectivity index (χ0n) is 10.7. The second-order valence-corrected chi connectivity index (χ2v) is 6.65.